The van der Waals surface area contributed by atoms with Crippen LogP contribution < -0.4 is 14.4 Å². The number of aromatic carboxylic acids is 1. The SMILES string of the molecule is O=C(O)c1cccc(N2CC(Oc3ccc(COc4ncccn4)cc3)C2)c1-n1cccc1. The Hall–Kier alpha value is -4.33. The summed E-state index contributed by atoms with van der Waals surface area (Å²) in [6.45, 7) is 1.73. The molecule has 0 saturated carbocycles. The van der Waals surface area contributed by atoms with Crippen molar-refractivity contribution in [2.45, 2.75) is 12.7 Å². The van der Waals surface area contributed by atoms with E-state index in [-0.39, 0.29) is 11.7 Å². The molecule has 2 aromatic heterocycles. The highest BCUT2D eigenvalue weighted by Crippen LogP contribution is 2.32. The lowest BCUT2D eigenvalue weighted by molar-refractivity contribution is 0.0697. The number of rotatable bonds is 8. The van der Waals surface area contributed by atoms with Gasteiger partial charge in [-0.05, 0) is 48.0 Å². The summed E-state index contributed by atoms with van der Waals surface area (Å²) in [6.07, 6.45) is 7.01. The molecule has 1 saturated heterocycles. The van der Waals surface area contributed by atoms with Crippen molar-refractivity contribution >= 4 is 11.7 Å². The molecule has 0 amide bonds. The molecule has 0 unspecified atom stereocenters. The normalized spacial score (nSPS) is 13.4. The van der Waals surface area contributed by atoms with Gasteiger partial charge in [-0.3, -0.25) is 0 Å². The first kappa shape index (κ1) is 20.6. The number of nitrogens with zero attached hydrogens (tertiary/aromatic N) is 4. The molecule has 0 bridgehead atoms. The molecule has 1 aliphatic heterocycles. The fraction of sp³-hybridized carbons (Fsp3) is 0.160. The van der Waals surface area contributed by atoms with E-state index in [2.05, 4.69) is 14.9 Å². The average Bonchev–Trinajstić information content (AvgIpc) is 3.35. The van der Waals surface area contributed by atoms with Gasteiger partial charge in [0.2, 0.25) is 0 Å². The lowest BCUT2D eigenvalue weighted by Crippen LogP contribution is -2.54. The molecule has 0 atom stereocenters. The summed E-state index contributed by atoms with van der Waals surface area (Å²) in [7, 11) is 0. The zero-order valence-corrected chi connectivity index (χ0v) is 17.7. The van der Waals surface area contributed by atoms with Crippen LogP contribution in [0.25, 0.3) is 5.69 Å². The van der Waals surface area contributed by atoms with Crippen LogP contribution in [0.4, 0.5) is 5.69 Å². The molecule has 1 aliphatic rings. The molecule has 0 radical (unpaired) electrons. The van der Waals surface area contributed by atoms with E-state index in [9.17, 15) is 9.90 Å². The summed E-state index contributed by atoms with van der Waals surface area (Å²) in [5.41, 5.74) is 2.81. The Morgan fingerprint density at radius 2 is 1.70 bits per heavy atom. The van der Waals surface area contributed by atoms with Gasteiger partial charge in [0.25, 0.3) is 0 Å². The van der Waals surface area contributed by atoms with Gasteiger partial charge in [-0.2, -0.15) is 0 Å². The Balaban J connectivity index is 1.21. The predicted octanol–water partition coefficient (Wildman–Crippen LogP) is 3.81. The zero-order chi connectivity index (χ0) is 22.6. The maximum absolute atomic E-state index is 11.8. The molecule has 1 fully saturated rings. The first-order valence-electron chi connectivity index (χ1n) is 10.6. The summed E-state index contributed by atoms with van der Waals surface area (Å²) in [5.74, 6) is -0.166. The minimum atomic E-state index is -0.947. The average molecular weight is 442 g/mol. The first-order valence-corrected chi connectivity index (χ1v) is 10.6. The molecule has 2 aromatic carbocycles. The Morgan fingerprint density at radius 1 is 0.970 bits per heavy atom. The van der Waals surface area contributed by atoms with Crippen LogP contribution in [0.15, 0.2) is 85.5 Å². The van der Waals surface area contributed by atoms with Crippen molar-refractivity contribution in [2.24, 2.45) is 0 Å². The fourth-order valence-electron chi connectivity index (χ4n) is 3.79. The Morgan fingerprint density at radius 3 is 2.39 bits per heavy atom. The minimum Gasteiger partial charge on any atom is -0.487 e. The van der Waals surface area contributed by atoms with Gasteiger partial charge in [0, 0.05) is 24.8 Å². The third-order valence-electron chi connectivity index (χ3n) is 5.43. The fourth-order valence-corrected chi connectivity index (χ4v) is 3.79. The highest BCUT2D eigenvalue weighted by molar-refractivity contribution is 5.95. The molecule has 1 N–H and O–H groups in total. The van der Waals surface area contributed by atoms with E-state index < -0.39 is 5.97 Å². The van der Waals surface area contributed by atoms with E-state index in [0.717, 1.165) is 17.0 Å². The molecule has 3 heterocycles. The third-order valence-corrected chi connectivity index (χ3v) is 5.43. The molecule has 0 aliphatic carbocycles. The van der Waals surface area contributed by atoms with Gasteiger partial charge < -0.3 is 24.0 Å². The number of carbonyl (C=O) groups is 1. The van der Waals surface area contributed by atoms with Crippen LogP contribution in [0.1, 0.15) is 15.9 Å². The predicted molar refractivity (Wildman–Crippen MR) is 122 cm³/mol. The number of para-hydroxylation sites is 1. The number of aromatic nitrogens is 3. The summed E-state index contributed by atoms with van der Waals surface area (Å²) in [4.78, 5) is 22.0. The van der Waals surface area contributed by atoms with E-state index in [1.165, 1.54) is 0 Å². The Labute approximate surface area is 190 Å². The van der Waals surface area contributed by atoms with Crippen molar-refractivity contribution in [3.05, 3.63) is 96.6 Å². The van der Waals surface area contributed by atoms with E-state index in [0.29, 0.717) is 31.4 Å². The van der Waals surface area contributed by atoms with Gasteiger partial charge in [0.1, 0.15) is 18.5 Å². The van der Waals surface area contributed by atoms with E-state index >= 15 is 0 Å². The molecule has 8 nitrogen and oxygen atoms in total. The van der Waals surface area contributed by atoms with Crippen LogP contribution in [0.2, 0.25) is 0 Å². The monoisotopic (exact) mass is 442 g/mol. The van der Waals surface area contributed by atoms with Gasteiger partial charge >= 0.3 is 12.0 Å². The highest BCUT2D eigenvalue weighted by atomic mass is 16.5. The molecule has 8 heteroatoms. The molecule has 33 heavy (non-hydrogen) atoms. The largest absolute Gasteiger partial charge is 0.487 e. The van der Waals surface area contributed by atoms with Crippen molar-refractivity contribution < 1.29 is 19.4 Å². The van der Waals surface area contributed by atoms with Crippen LogP contribution in [-0.4, -0.2) is 44.8 Å². The lowest BCUT2D eigenvalue weighted by atomic mass is 10.1. The number of ether oxygens (including phenoxy) is 2. The van der Waals surface area contributed by atoms with Crippen molar-refractivity contribution in [3.8, 4) is 17.4 Å². The molecular weight excluding hydrogens is 420 g/mol. The number of anilines is 1. The smallest absolute Gasteiger partial charge is 0.337 e. The van der Waals surface area contributed by atoms with Gasteiger partial charge in [-0.25, -0.2) is 14.8 Å². The zero-order valence-electron chi connectivity index (χ0n) is 17.7. The number of benzene rings is 2. The standard InChI is InChI=1S/C25H22N4O4/c30-24(31)21-5-3-6-22(23(21)28-13-1-2-14-28)29-15-20(16-29)33-19-9-7-18(8-10-19)17-32-25-26-11-4-12-27-25/h1-14,20H,15-17H2,(H,30,31). The Bertz CT molecular complexity index is 1220. The minimum absolute atomic E-state index is 0.0239. The second-order valence-corrected chi connectivity index (χ2v) is 7.68. The van der Waals surface area contributed by atoms with Crippen molar-refractivity contribution in [1.82, 2.24) is 14.5 Å². The summed E-state index contributed by atoms with van der Waals surface area (Å²) in [5, 5.41) is 9.66. The summed E-state index contributed by atoms with van der Waals surface area (Å²) < 4.78 is 13.5. The van der Waals surface area contributed by atoms with Crippen molar-refractivity contribution in [1.29, 1.82) is 0 Å². The van der Waals surface area contributed by atoms with Gasteiger partial charge in [-0.15, -0.1) is 0 Å². The number of hydrogen-bond donors (Lipinski definition) is 1. The molecule has 5 rings (SSSR count). The second-order valence-electron chi connectivity index (χ2n) is 7.68. The summed E-state index contributed by atoms with van der Waals surface area (Å²) in [6, 6.07) is 19.0. The van der Waals surface area contributed by atoms with E-state index in [4.69, 9.17) is 9.47 Å². The number of carboxylic acids is 1. The molecule has 166 valence electrons. The van der Waals surface area contributed by atoms with Crippen molar-refractivity contribution in [3.63, 3.8) is 0 Å². The summed E-state index contributed by atoms with van der Waals surface area (Å²) >= 11 is 0. The van der Waals surface area contributed by atoms with E-state index in [1.54, 1.807) is 30.6 Å². The van der Waals surface area contributed by atoms with Crippen molar-refractivity contribution in [2.75, 3.05) is 18.0 Å². The molecule has 0 spiro atoms. The quantitative estimate of drug-likeness (QED) is 0.444. The third kappa shape index (κ3) is 4.50. The lowest BCUT2D eigenvalue weighted by Gasteiger charge is -2.41. The van der Waals surface area contributed by atoms with Gasteiger partial charge in [0.15, 0.2) is 0 Å². The number of hydrogen-bond acceptors (Lipinski definition) is 6. The van der Waals surface area contributed by atoms with Crippen LogP contribution in [0.3, 0.4) is 0 Å². The van der Waals surface area contributed by atoms with Crippen LogP contribution in [-0.2, 0) is 6.61 Å². The van der Waals surface area contributed by atoms with Crippen LogP contribution >= 0.6 is 0 Å². The topological polar surface area (TPSA) is 89.7 Å². The van der Waals surface area contributed by atoms with Gasteiger partial charge in [0.05, 0.1) is 30.0 Å². The molecule has 4 aromatic rings. The van der Waals surface area contributed by atoms with Gasteiger partial charge in [-0.1, -0.05) is 18.2 Å². The highest BCUT2D eigenvalue weighted by Gasteiger charge is 2.31. The Kier molecular flexibility index (Phi) is 5.63. The molecular formula is C25H22N4O4. The maximum atomic E-state index is 11.8. The van der Waals surface area contributed by atoms with Crippen LogP contribution in [0.5, 0.6) is 11.8 Å². The second kappa shape index (κ2) is 9.04. The maximum Gasteiger partial charge on any atom is 0.337 e. The first-order chi connectivity index (χ1) is 16.2. The van der Waals surface area contributed by atoms with E-state index in [1.807, 2.05) is 59.4 Å². The van der Waals surface area contributed by atoms with Crippen LogP contribution in [0, 0.1) is 0 Å². The number of carboxylic acid groups (broad SMARTS) is 1.